The third-order valence-corrected chi connectivity index (χ3v) is 5.79. The molecule has 0 saturated carbocycles. The molecular weight excluding hydrogens is 416 g/mol. The largest absolute Gasteiger partial charge is 0.392 e. The van der Waals surface area contributed by atoms with Gasteiger partial charge in [-0.3, -0.25) is 4.68 Å². The number of nitrogens with zero attached hydrogens (tertiary/aromatic N) is 2. The first-order valence-electron chi connectivity index (χ1n) is 6.78. The molecule has 114 valence electrons. The van der Waals surface area contributed by atoms with E-state index in [-0.39, 0.29) is 0 Å². The fourth-order valence-corrected chi connectivity index (χ4v) is 3.92. The Morgan fingerprint density at radius 3 is 2.52 bits per heavy atom. The second-order valence-electron chi connectivity index (χ2n) is 4.81. The molecule has 0 aliphatic rings. The van der Waals surface area contributed by atoms with Crippen LogP contribution < -0.4 is 0 Å². The van der Waals surface area contributed by atoms with Crippen LogP contribution >= 0.6 is 43.6 Å². The van der Waals surface area contributed by atoms with Gasteiger partial charge in [0.2, 0.25) is 0 Å². The Kier molecular flexibility index (Phi) is 6.34. The highest BCUT2D eigenvalue weighted by Gasteiger charge is 2.16. The van der Waals surface area contributed by atoms with Crippen molar-refractivity contribution in [2.24, 2.45) is 7.05 Å². The van der Waals surface area contributed by atoms with E-state index in [1.54, 1.807) is 11.8 Å². The molecule has 0 spiro atoms. The molecule has 3 nitrogen and oxygen atoms in total. The summed E-state index contributed by atoms with van der Waals surface area (Å²) in [7, 11) is 1.92. The Bertz CT molecular complexity index is 598. The van der Waals surface area contributed by atoms with Crippen molar-refractivity contribution in [3.8, 4) is 0 Å². The van der Waals surface area contributed by atoms with Gasteiger partial charge in [-0.2, -0.15) is 5.10 Å². The Balaban J connectivity index is 1.94. The lowest BCUT2D eigenvalue weighted by atomic mass is 10.2. The van der Waals surface area contributed by atoms with Crippen LogP contribution in [0.1, 0.15) is 18.3 Å². The van der Waals surface area contributed by atoms with Crippen molar-refractivity contribution < 1.29 is 5.11 Å². The van der Waals surface area contributed by atoms with Crippen molar-refractivity contribution in [3.63, 3.8) is 0 Å². The zero-order chi connectivity index (χ0) is 15.4. The highest BCUT2D eigenvalue weighted by molar-refractivity contribution is 9.10. The zero-order valence-electron chi connectivity index (χ0n) is 12.0. The van der Waals surface area contributed by atoms with Gasteiger partial charge in [0, 0.05) is 28.6 Å². The second-order valence-corrected chi connectivity index (χ2v) is 7.61. The van der Waals surface area contributed by atoms with Gasteiger partial charge in [-0.15, -0.1) is 11.8 Å². The number of benzene rings is 1. The van der Waals surface area contributed by atoms with E-state index in [0.717, 1.165) is 31.6 Å². The van der Waals surface area contributed by atoms with Gasteiger partial charge in [-0.05, 0) is 46.6 Å². The van der Waals surface area contributed by atoms with E-state index in [1.165, 1.54) is 0 Å². The third kappa shape index (κ3) is 4.58. The van der Waals surface area contributed by atoms with E-state index in [9.17, 15) is 5.11 Å². The molecule has 0 radical (unpaired) electrons. The number of aliphatic hydroxyl groups is 1. The summed E-state index contributed by atoms with van der Waals surface area (Å²) in [5, 5.41) is 14.7. The molecular formula is C15H18Br2N2OS. The van der Waals surface area contributed by atoms with Crippen LogP contribution in [0, 0.1) is 0 Å². The SMILES string of the molecule is CCc1nn(C)c(CC(O)CSc2ccc(Br)cc2)c1Br. The maximum Gasteiger partial charge on any atom is 0.0766 e. The maximum absolute atomic E-state index is 10.3. The van der Waals surface area contributed by atoms with E-state index < -0.39 is 6.10 Å². The highest BCUT2D eigenvalue weighted by atomic mass is 79.9. The van der Waals surface area contributed by atoms with Crippen LogP contribution in [0.4, 0.5) is 0 Å². The summed E-state index contributed by atoms with van der Waals surface area (Å²) < 4.78 is 3.95. The van der Waals surface area contributed by atoms with E-state index in [2.05, 4.69) is 56.0 Å². The van der Waals surface area contributed by atoms with Crippen LogP contribution in [-0.2, 0) is 19.9 Å². The molecule has 1 heterocycles. The normalized spacial score (nSPS) is 12.6. The summed E-state index contributed by atoms with van der Waals surface area (Å²) in [5.74, 6) is 0.667. The zero-order valence-corrected chi connectivity index (χ0v) is 16.0. The summed E-state index contributed by atoms with van der Waals surface area (Å²) in [4.78, 5) is 1.16. The van der Waals surface area contributed by atoms with Crippen LogP contribution in [-0.4, -0.2) is 26.7 Å². The number of aryl methyl sites for hydroxylation is 2. The van der Waals surface area contributed by atoms with Crippen LogP contribution in [0.15, 0.2) is 38.1 Å². The molecule has 2 aromatic rings. The van der Waals surface area contributed by atoms with Crippen molar-refractivity contribution in [2.45, 2.75) is 30.8 Å². The van der Waals surface area contributed by atoms with E-state index in [4.69, 9.17) is 0 Å². The monoisotopic (exact) mass is 432 g/mol. The molecule has 0 fully saturated rings. The molecule has 0 aliphatic heterocycles. The minimum Gasteiger partial charge on any atom is -0.392 e. The quantitative estimate of drug-likeness (QED) is 0.693. The summed E-state index contributed by atoms with van der Waals surface area (Å²) in [6.45, 7) is 2.08. The van der Waals surface area contributed by atoms with E-state index in [0.29, 0.717) is 12.2 Å². The van der Waals surface area contributed by atoms with E-state index in [1.807, 2.05) is 23.9 Å². The van der Waals surface area contributed by atoms with Gasteiger partial charge >= 0.3 is 0 Å². The molecule has 0 amide bonds. The lowest BCUT2D eigenvalue weighted by Crippen LogP contribution is -2.16. The molecule has 0 bridgehead atoms. The van der Waals surface area contributed by atoms with E-state index >= 15 is 0 Å². The Morgan fingerprint density at radius 2 is 1.95 bits per heavy atom. The van der Waals surface area contributed by atoms with Crippen LogP contribution in [0.25, 0.3) is 0 Å². The Hall–Kier alpha value is -0.300. The molecule has 0 saturated heterocycles. The topological polar surface area (TPSA) is 38.0 Å². The minimum atomic E-state index is -0.393. The lowest BCUT2D eigenvalue weighted by molar-refractivity contribution is 0.197. The van der Waals surface area contributed by atoms with Gasteiger partial charge in [0.25, 0.3) is 0 Å². The number of halogens is 2. The first kappa shape index (κ1) is 17.1. The van der Waals surface area contributed by atoms with Crippen molar-refractivity contribution >= 4 is 43.6 Å². The molecule has 2 rings (SSSR count). The van der Waals surface area contributed by atoms with Crippen LogP contribution in [0.5, 0.6) is 0 Å². The Morgan fingerprint density at radius 1 is 1.29 bits per heavy atom. The molecule has 21 heavy (non-hydrogen) atoms. The molecule has 1 unspecified atom stereocenters. The van der Waals surface area contributed by atoms with Gasteiger partial charge < -0.3 is 5.11 Å². The number of aliphatic hydroxyl groups excluding tert-OH is 1. The number of rotatable bonds is 6. The predicted molar refractivity (Wildman–Crippen MR) is 94.9 cm³/mol. The van der Waals surface area contributed by atoms with Gasteiger partial charge in [0.05, 0.1) is 22.0 Å². The molecule has 0 aliphatic carbocycles. The van der Waals surface area contributed by atoms with Gasteiger partial charge in [0.1, 0.15) is 0 Å². The number of thioether (sulfide) groups is 1. The summed E-state index contributed by atoms with van der Waals surface area (Å²) in [6, 6.07) is 8.13. The van der Waals surface area contributed by atoms with Crippen molar-refractivity contribution in [1.29, 1.82) is 0 Å². The van der Waals surface area contributed by atoms with Crippen molar-refractivity contribution in [3.05, 3.63) is 44.6 Å². The molecule has 1 aromatic heterocycles. The average molecular weight is 434 g/mol. The highest BCUT2D eigenvalue weighted by Crippen LogP contribution is 2.25. The van der Waals surface area contributed by atoms with Crippen LogP contribution in [0.3, 0.4) is 0 Å². The first-order chi connectivity index (χ1) is 10.0. The number of aromatic nitrogens is 2. The minimum absolute atomic E-state index is 0.393. The smallest absolute Gasteiger partial charge is 0.0766 e. The summed E-state index contributed by atoms with van der Waals surface area (Å²) in [6.07, 6.45) is 1.10. The second kappa shape index (κ2) is 7.81. The predicted octanol–water partition coefficient (Wildman–Crippen LogP) is 4.20. The molecule has 1 N–H and O–H groups in total. The lowest BCUT2D eigenvalue weighted by Gasteiger charge is -2.11. The number of hydrogen-bond acceptors (Lipinski definition) is 3. The average Bonchev–Trinajstić information content (AvgIpc) is 2.74. The Labute approximate surface area is 146 Å². The standard InChI is InChI=1S/C15H18Br2N2OS/c1-3-13-15(17)14(19(2)18-13)8-11(20)9-21-12-6-4-10(16)5-7-12/h4-7,11,20H,3,8-9H2,1-2H3. The van der Waals surface area contributed by atoms with Gasteiger partial charge in [-0.25, -0.2) is 0 Å². The first-order valence-corrected chi connectivity index (χ1v) is 9.35. The number of hydrogen-bond donors (Lipinski definition) is 1. The fourth-order valence-electron chi connectivity index (χ4n) is 2.05. The summed E-state index contributed by atoms with van der Waals surface area (Å²) in [5.41, 5.74) is 2.09. The molecule has 6 heteroatoms. The van der Waals surface area contributed by atoms with Gasteiger partial charge in [-0.1, -0.05) is 22.9 Å². The third-order valence-electron chi connectivity index (χ3n) is 3.19. The fraction of sp³-hybridized carbons (Fsp3) is 0.400. The molecule has 1 aromatic carbocycles. The van der Waals surface area contributed by atoms with Gasteiger partial charge in [0.15, 0.2) is 0 Å². The van der Waals surface area contributed by atoms with Crippen molar-refractivity contribution in [2.75, 3.05) is 5.75 Å². The van der Waals surface area contributed by atoms with Crippen molar-refractivity contribution in [1.82, 2.24) is 9.78 Å². The van der Waals surface area contributed by atoms with Crippen LogP contribution in [0.2, 0.25) is 0 Å². The summed E-state index contributed by atoms with van der Waals surface area (Å²) >= 11 is 8.67. The molecule has 1 atom stereocenters. The maximum atomic E-state index is 10.3.